The molecule has 3 heterocycles. The Balaban J connectivity index is 1.75. The van der Waals surface area contributed by atoms with Gasteiger partial charge in [-0.3, -0.25) is 19.7 Å². The van der Waals surface area contributed by atoms with Crippen LogP contribution in [0.4, 0.5) is 0 Å². The van der Waals surface area contributed by atoms with Crippen LogP contribution in [0.25, 0.3) is 0 Å². The van der Waals surface area contributed by atoms with Crippen LogP contribution in [-0.2, 0) is 22.9 Å². The normalized spacial score (nSPS) is 15.4. The van der Waals surface area contributed by atoms with Crippen LogP contribution >= 0.6 is 0 Å². The maximum absolute atomic E-state index is 12.5. The average Bonchev–Trinajstić information content (AvgIpc) is 3.05. The first-order valence-electron chi connectivity index (χ1n) is 8.60. The number of aliphatic hydroxyl groups excluding tert-OH is 1. The van der Waals surface area contributed by atoms with Gasteiger partial charge >= 0.3 is 0 Å². The number of aromatic nitrogens is 2. The molecule has 144 valence electrons. The lowest BCUT2D eigenvalue weighted by atomic mass is 10.1. The van der Waals surface area contributed by atoms with Crippen molar-refractivity contribution >= 4 is 15.7 Å². The molecule has 27 heavy (non-hydrogen) atoms. The lowest BCUT2D eigenvalue weighted by molar-refractivity contribution is 0.0914. The Bertz CT molecular complexity index is 944. The summed E-state index contributed by atoms with van der Waals surface area (Å²) in [5.41, 5.74) is 2.77. The molecule has 9 heteroatoms. The Morgan fingerprint density at radius 2 is 2.07 bits per heavy atom. The molecule has 0 radical (unpaired) electrons. The lowest BCUT2D eigenvalue weighted by Crippen LogP contribution is -2.31. The molecule has 3 rings (SSSR count). The molecule has 1 amide bonds. The van der Waals surface area contributed by atoms with Gasteiger partial charge in [0.05, 0.1) is 40.2 Å². The molecule has 0 bridgehead atoms. The lowest BCUT2D eigenvalue weighted by Gasteiger charge is -2.16. The van der Waals surface area contributed by atoms with Gasteiger partial charge in [0.25, 0.3) is 5.91 Å². The molecule has 0 fully saturated rings. The van der Waals surface area contributed by atoms with Gasteiger partial charge in [-0.05, 0) is 30.8 Å². The van der Waals surface area contributed by atoms with E-state index in [1.807, 2.05) is 7.05 Å². The smallest absolute Gasteiger partial charge is 0.253 e. The van der Waals surface area contributed by atoms with Crippen molar-refractivity contribution in [3.63, 3.8) is 0 Å². The molecule has 8 nitrogen and oxygen atoms in total. The van der Waals surface area contributed by atoms with E-state index < -0.39 is 15.9 Å². The summed E-state index contributed by atoms with van der Waals surface area (Å²) >= 11 is 0. The van der Waals surface area contributed by atoms with Crippen LogP contribution in [0, 0.1) is 0 Å². The van der Waals surface area contributed by atoms with E-state index in [0.29, 0.717) is 11.3 Å². The molecular formula is C18H22N4O4S. The molecule has 0 aromatic carbocycles. The van der Waals surface area contributed by atoms with Crippen molar-refractivity contribution in [3.05, 3.63) is 53.1 Å². The average molecular weight is 390 g/mol. The number of hydrogen-bond acceptors (Lipinski definition) is 7. The van der Waals surface area contributed by atoms with Crippen LogP contribution in [0.3, 0.4) is 0 Å². The standard InChI is InChI=1S/C18H22N4O4S/c1-3-27(25,26)14-4-5-15(20-8-14)17(11-23)21-18(24)12-6-13-9-22(2)10-16(13)19-7-12/h4-8,17,23H,3,9-11H2,1-2H3,(H,21,24). The van der Waals surface area contributed by atoms with Crippen LogP contribution in [0.15, 0.2) is 35.5 Å². The number of sulfone groups is 1. The molecule has 1 unspecified atom stereocenters. The number of rotatable bonds is 6. The fourth-order valence-corrected chi connectivity index (χ4v) is 3.77. The van der Waals surface area contributed by atoms with Crippen molar-refractivity contribution < 1.29 is 18.3 Å². The van der Waals surface area contributed by atoms with Gasteiger partial charge in [0, 0.05) is 25.5 Å². The Kier molecular flexibility index (Phi) is 5.54. The second kappa shape index (κ2) is 7.71. The summed E-state index contributed by atoms with van der Waals surface area (Å²) < 4.78 is 23.7. The Morgan fingerprint density at radius 3 is 2.70 bits per heavy atom. The third kappa shape index (κ3) is 4.15. The summed E-state index contributed by atoms with van der Waals surface area (Å²) in [7, 11) is -1.36. The second-order valence-corrected chi connectivity index (χ2v) is 8.81. The van der Waals surface area contributed by atoms with Crippen molar-refractivity contribution in [2.24, 2.45) is 0 Å². The maximum Gasteiger partial charge on any atom is 0.253 e. The zero-order valence-corrected chi connectivity index (χ0v) is 16.0. The molecule has 0 saturated heterocycles. The van der Waals surface area contributed by atoms with E-state index in [1.165, 1.54) is 24.5 Å². The number of nitrogens with one attached hydrogen (secondary N) is 1. The summed E-state index contributed by atoms with van der Waals surface area (Å²) in [6.07, 6.45) is 2.77. The van der Waals surface area contributed by atoms with Gasteiger partial charge in [-0.1, -0.05) is 6.92 Å². The molecule has 1 aliphatic rings. The fraction of sp³-hybridized carbons (Fsp3) is 0.389. The number of amides is 1. The minimum absolute atomic E-state index is 0.0191. The summed E-state index contributed by atoms with van der Waals surface area (Å²) in [6, 6.07) is 3.99. The van der Waals surface area contributed by atoms with Gasteiger partial charge in [-0.2, -0.15) is 0 Å². The molecular weight excluding hydrogens is 368 g/mol. The molecule has 2 N–H and O–H groups in total. The second-order valence-electron chi connectivity index (χ2n) is 6.53. The third-order valence-corrected chi connectivity index (χ3v) is 6.25. The van der Waals surface area contributed by atoms with Crippen molar-refractivity contribution in [1.82, 2.24) is 20.2 Å². The van der Waals surface area contributed by atoms with Gasteiger partial charge < -0.3 is 10.4 Å². The zero-order chi connectivity index (χ0) is 19.6. The number of carbonyl (C=O) groups is 1. The molecule has 0 aliphatic carbocycles. The molecule has 2 aromatic rings. The highest BCUT2D eigenvalue weighted by atomic mass is 32.2. The third-order valence-electron chi connectivity index (χ3n) is 4.53. The van der Waals surface area contributed by atoms with Gasteiger partial charge in [0.1, 0.15) is 0 Å². The predicted molar refractivity (Wildman–Crippen MR) is 98.7 cm³/mol. The van der Waals surface area contributed by atoms with E-state index in [-0.39, 0.29) is 23.2 Å². The molecule has 1 atom stereocenters. The first-order valence-corrected chi connectivity index (χ1v) is 10.3. The van der Waals surface area contributed by atoms with Crippen molar-refractivity contribution in [3.8, 4) is 0 Å². The van der Waals surface area contributed by atoms with E-state index in [1.54, 1.807) is 13.0 Å². The van der Waals surface area contributed by atoms with E-state index >= 15 is 0 Å². The van der Waals surface area contributed by atoms with E-state index in [4.69, 9.17) is 0 Å². The highest BCUT2D eigenvalue weighted by molar-refractivity contribution is 7.91. The maximum atomic E-state index is 12.5. The molecule has 1 aliphatic heterocycles. The number of carbonyl (C=O) groups excluding carboxylic acids is 1. The van der Waals surface area contributed by atoms with Crippen LogP contribution < -0.4 is 5.32 Å². The summed E-state index contributed by atoms with van der Waals surface area (Å²) in [5, 5.41) is 12.4. The first-order chi connectivity index (χ1) is 12.8. The topological polar surface area (TPSA) is 112 Å². The molecule has 2 aromatic heterocycles. The Labute approximate surface area is 158 Å². The number of fused-ring (bicyclic) bond motifs is 1. The van der Waals surface area contributed by atoms with Gasteiger partial charge in [0.2, 0.25) is 0 Å². The van der Waals surface area contributed by atoms with Crippen LogP contribution in [0.1, 0.15) is 40.3 Å². The summed E-state index contributed by atoms with van der Waals surface area (Å²) in [4.78, 5) is 23.2. The summed E-state index contributed by atoms with van der Waals surface area (Å²) in [6.45, 7) is 2.69. The largest absolute Gasteiger partial charge is 0.394 e. The summed E-state index contributed by atoms with van der Waals surface area (Å²) in [5.74, 6) is -0.389. The zero-order valence-electron chi connectivity index (χ0n) is 15.2. The molecule has 0 saturated carbocycles. The highest BCUT2D eigenvalue weighted by Gasteiger charge is 2.21. The minimum atomic E-state index is -3.35. The van der Waals surface area contributed by atoms with E-state index in [0.717, 1.165) is 24.3 Å². The fourth-order valence-electron chi connectivity index (χ4n) is 2.95. The monoisotopic (exact) mass is 390 g/mol. The first kappa shape index (κ1) is 19.4. The van der Waals surface area contributed by atoms with Crippen molar-refractivity contribution in [2.45, 2.75) is 31.0 Å². The SMILES string of the molecule is CCS(=O)(=O)c1ccc(C(CO)NC(=O)c2cnc3c(c2)CN(C)C3)nc1. The van der Waals surface area contributed by atoms with E-state index in [2.05, 4.69) is 20.2 Å². The van der Waals surface area contributed by atoms with Crippen LogP contribution in [-0.4, -0.2) is 53.7 Å². The van der Waals surface area contributed by atoms with Crippen LogP contribution in [0.5, 0.6) is 0 Å². The van der Waals surface area contributed by atoms with Crippen molar-refractivity contribution in [2.75, 3.05) is 19.4 Å². The minimum Gasteiger partial charge on any atom is -0.394 e. The van der Waals surface area contributed by atoms with Crippen molar-refractivity contribution in [1.29, 1.82) is 0 Å². The molecule has 0 spiro atoms. The van der Waals surface area contributed by atoms with Crippen LogP contribution in [0.2, 0.25) is 0 Å². The number of pyridine rings is 2. The number of aliphatic hydroxyl groups is 1. The van der Waals surface area contributed by atoms with E-state index in [9.17, 15) is 18.3 Å². The van der Waals surface area contributed by atoms with Gasteiger partial charge in [-0.25, -0.2) is 8.42 Å². The van der Waals surface area contributed by atoms with Gasteiger partial charge in [0.15, 0.2) is 9.84 Å². The predicted octanol–water partition coefficient (Wildman–Crippen LogP) is 0.679. The number of nitrogens with zero attached hydrogens (tertiary/aromatic N) is 3. The number of hydrogen-bond donors (Lipinski definition) is 2. The Hall–Kier alpha value is -2.36. The van der Waals surface area contributed by atoms with Gasteiger partial charge in [-0.15, -0.1) is 0 Å². The quantitative estimate of drug-likeness (QED) is 0.746. The Morgan fingerprint density at radius 1 is 1.30 bits per heavy atom. The highest BCUT2D eigenvalue weighted by Crippen LogP contribution is 2.21.